The average molecular weight is 487 g/mol. The minimum atomic E-state index is -0.0391. The molecule has 0 saturated heterocycles. The molecule has 0 spiro atoms. The van der Waals surface area contributed by atoms with Gasteiger partial charge in [0.05, 0.1) is 0 Å². The van der Waals surface area contributed by atoms with Crippen molar-refractivity contribution in [1.29, 1.82) is 0 Å². The minimum Gasteiger partial charge on any atom is -1.00 e. The van der Waals surface area contributed by atoms with Gasteiger partial charge in [-0.3, -0.25) is 4.79 Å². The molecule has 1 heterocycles. The van der Waals surface area contributed by atoms with Gasteiger partial charge in [0, 0.05) is 22.9 Å². The summed E-state index contributed by atoms with van der Waals surface area (Å²) in [7, 11) is 0. The number of fused-ring (bicyclic) bond motifs is 1. The van der Waals surface area contributed by atoms with E-state index in [9.17, 15) is 4.79 Å². The van der Waals surface area contributed by atoms with Gasteiger partial charge in [-0.15, -0.1) is 0 Å². The van der Waals surface area contributed by atoms with Crippen LogP contribution in [-0.2, 0) is 17.8 Å². The Hall–Kier alpha value is -3.40. The number of pyridine rings is 1. The first-order chi connectivity index (χ1) is 16.1. The lowest BCUT2D eigenvalue weighted by molar-refractivity contribution is -0.688. The van der Waals surface area contributed by atoms with E-state index in [2.05, 4.69) is 35.6 Å². The summed E-state index contributed by atoms with van der Waals surface area (Å²) in [6.45, 7) is 0.723. The molecule has 5 heteroatoms. The van der Waals surface area contributed by atoms with Crippen LogP contribution in [0.1, 0.15) is 23.1 Å². The molecule has 34 heavy (non-hydrogen) atoms. The molecule has 1 amide bonds. The van der Waals surface area contributed by atoms with E-state index in [-0.39, 0.29) is 18.3 Å². The van der Waals surface area contributed by atoms with E-state index in [1.165, 1.54) is 16.7 Å². The smallest absolute Gasteiger partial charge is 0.251 e. The lowest BCUT2D eigenvalue weighted by atomic mass is 9.89. The number of rotatable bonds is 5. The number of anilines is 1. The molecule has 1 aromatic heterocycles. The van der Waals surface area contributed by atoms with Crippen LogP contribution in [0.4, 0.5) is 5.69 Å². The fourth-order valence-electron chi connectivity index (χ4n) is 4.18. The molecule has 1 N–H and O–H groups in total. The van der Waals surface area contributed by atoms with Crippen LogP contribution in [0, 0.1) is 0 Å². The van der Waals surface area contributed by atoms with E-state index in [0.29, 0.717) is 5.02 Å². The quantitative estimate of drug-likeness (QED) is 0.431. The third-order valence-electron chi connectivity index (χ3n) is 5.94. The van der Waals surface area contributed by atoms with Crippen molar-refractivity contribution in [3.63, 3.8) is 0 Å². The molecular weight excluding hydrogens is 463 g/mol. The minimum absolute atomic E-state index is 0. The zero-order valence-corrected chi connectivity index (χ0v) is 20.1. The second-order valence-electron chi connectivity index (χ2n) is 8.29. The lowest BCUT2D eigenvalue weighted by Crippen LogP contribution is -3.00. The van der Waals surface area contributed by atoms with Crippen molar-refractivity contribution < 1.29 is 21.8 Å². The maximum atomic E-state index is 12.9. The largest absolute Gasteiger partial charge is 1.00 e. The molecule has 0 atom stereocenters. The number of amides is 1. The van der Waals surface area contributed by atoms with Crippen LogP contribution in [0.2, 0.25) is 5.02 Å². The van der Waals surface area contributed by atoms with Gasteiger partial charge < -0.3 is 17.7 Å². The summed E-state index contributed by atoms with van der Waals surface area (Å²) in [5, 5.41) is 3.76. The highest BCUT2D eigenvalue weighted by Gasteiger charge is 2.17. The molecule has 1 aliphatic carbocycles. The highest BCUT2D eigenvalue weighted by Crippen LogP contribution is 2.29. The summed E-state index contributed by atoms with van der Waals surface area (Å²) in [5.41, 5.74) is 7.51. The fourth-order valence-corrected chi connectivity index (χ4v) is 4.38. The number of aryl methyl sites for hydroxylation is 1. The summed E-state index contributed by atoms with van der Waals surface area (Å²) in [6, 6.07) is 28.6. The molecule has 1 aliphatic rings. The van der Waals surface area contributed by atoms with E-state index in [1.54, 1.807) is 0 Å². The molecule has 0 radical (unpaired) electrons. The van der Waals surface area contributed by atoms with Crippen LogP contribution in [0.3, 0.4) is 0 Å². The first-order valence-electron chi connectivity index (χ1n) is 11.1. The van der Waals surface area contributed by atoms with Crippen LogP contribution in [0.15, 0.2) is 103 Å². The third-order valence-corrected chi connectivity index (χ3v) is 6.16. The van der Waals surface area contributed by atoms with Crippen LogP contribution < -0.4 is 22.3 Å². The van der Waals surface area contributed by atoms with Gasteiger partial charge in [-0.05, 0) is 65.4 Å². The first-order valence-corrected chi connectivity index (χ1v) is 11.5. The number of hydrogen-bond acceptors (Lipinski definition) is 1. The van der Waals surface area contributed by atoms with Crippen molar-refractivity contribution >= 4 is 29.3 Å². The molecular formula is C29H24Cl2N2O. The van der Waals surface area contributed by atoms with Crippen molar-refractivity contribution in [3.05, 3.63) is 125 Å². The van der Waals surface area contributed by atoms with Crippen LogP contribution in [-0.4, -0.2) is 5.91 Å². The molecule has 0 unspecified atom stereocenters. The predicted octanol–water partition coefficient (Wildman–Crippen LogP) is 3.32. The van der Waals surface area contributed by atoms with E-state index in [1.807, 2.05) is 77.6 Å². The normalized spacial score (nSPS) is 12.2. The van der Waals surface area contributed by atoms with Gasteiger partial charge in [0.25, 0.3) is 5.91 Å². The number of nitrogens with one attached hydrogen (secondary N) is 1. The fraction of sp³-hybridized carbons (Fsp3) is 0.103. The predicted molar refractivity (Wildman–Crippen MR) is 134 cm³/mol. The standard InChI is InChI=1S/C29H23ClN2O.ClH/c30-27-7-4-16-32(20-27)19-21-8-14-28(15-9-21)31-29(33)25-13-11-23-10-12-24(17-26(23)18-25)22-5-2-1-3-6-22;/h1-10,12,14-18,20H,11,13,19H2;1H. The lowest BCUT2D eigenvalue weighted by Gasteiger charge is -2.17. The summed E-state index contributed by atoms with van der Waals surface area (Å²) in [4.78, 5) is 12.9. The Morgan fingerprint density at radius 3 is 2.44 bits per heavy atom. The van der Waals surface area contributed by atoms with Crippen LogP contribution in [0.25, 0.3) is 17.2 Å². The summed E-state index contributed by atoms with van der Waals surface area (Å²) in [6.07, 6.45) is 7.53. The van der Waals surface area contributed by atoms with E-state index in [0.717, 1.165) is 41.8 Å². The van der Waals surface area contributed by atoms with Crippen LogP contribution >= 0.6 is 11.6 Å². The molecule has 0 saturated carbocycles. The second kappa shape index (κ2) is 10.7. The van der Waals surface area contributed by atoms with Gasteiger partial charge in [-0.1, -0.05) is 66.2 Å². The molecule has 5 rings (SSSR count). The molecule has 3 aromatic carbocycles. The molecule has 0 aliphatic heterocycles. The zero-order valence-electron chi connectivity index (χ0n) is 18.5. The molecule has 3 nitrogen and oxygen atoms in total. The second-order valence-corrected chi connectivity index (χ2v) is 8.73. The number of hydrogen-bond donors (Lipinski definition) is 1. The van der Waals surface area contributed by atoms with Gasteiger partial charge in [0.15, 0.2) is 18.9 Å². The van der Waals surface area contributed by atoms with Crippen LogP contribution in [0.5, 0.6) is 0 Å². The van der Waals surface area contributed by atoms with Gasteiger partial charge in [-0.25, -0.2) is 0 Å². The van der Waals surface area contributed by atoms with E-state index in [4.69, 9.17) is 11.6 Å². The third kappa shape index (κ3) is 5.56. The van der Waals surface area contributed by atoms with Crippen molar-refractivity contribution in [1.82, 2.24) is 0 Å². The van der Waals surface area contributed by atoms with Gasteiger partial charge in [0.1, 0.15) is 5.02 Å². The average Bonchev–Trinajstić information content (AvgIpc) is 2.85. The van der Waals surface area contributed by atoms with E-state index >= 15 is 0 Å². The Morgan fingerprint density at radius 1 is 0.882 bits per heavy atom. The Kier molecular flexibility index (Phi) is 7.46. The summed E-state index contributed by atoms with van der Waals surface area (Å²) in [5.74, 6) is -0.0391. The first kappa shape index (κ1) is 23.7. The summed E-state index contributed by atoms with van der Waals surface area (Å²) >= 11 is 6.07. The maximum absolute atomic E-state index is 12.9. The Morgan fingerprint density at radius 2 is 1.68 bits per heavy atom. The molecule has 4 aromatic rings. The number of carbonyl (C=O) groups excluding carboxylic acids is 1. The number of halogens is 2. The summed E-state index contributed by atoms with van der Waals surface area (Å²) < 4.78 is 2.03. The molecule has 0 bridgehead atoms. The van der Waals surface area contributed by atoms with Crippen molar-refractivity contribution in [2.45, 2.75) is 19.4 Å². The van der Waals surface area contributed by atoms with Crippen molar-refractivity contribution in [2.24, 2.45) is 0 Å². The monoisotopic (exact) mass is 486 g/mol. The Balaban J connectivity index is 0.00000274. The number of carbonyl (C=O) groups is 1. The van der Waals surface area contributed by atoms with E-state index < -0.39 is 0 Å². The van der Waals surface area contributed by atoms with Gasteiger partial charge in [-0.2, -0.15) is 4.57 Å². The number of benzene rings is 3. The van der Waals surface area contributed by atoms with Gasteiger partial charge in [0.2, 0.25) is 0 Å². The topological polar surface area (TPSA) is 33.0 Å². The van der Waals surface area contributed by atoms with Gasteiger partial charge >= 0.3 is 0 Å². The van der Waals surface area contributed by atoms with Crippen molar-refractivity contribution in [3.8, 4) is 11.1 Å². The molecule has 0 fully saturated rings. The Labute approximate surface area is 211 Å². The maximum Gasteiger partial charge on any atom is 0.251 e. The van der Waals surface area contributed by atoms with Crippen molar-refractivity contribution in [2.75, 3.05) is 5.32 Å². The zero-order chi connectivity index (χ0) is 22.6. The SMILES string of the molecule is O=C(Nc1ccc(C[n+]2cccc(Cl)c2)cc1)C1=Cc2cc(-c3ccccc3)ccc2CC1.[Cl-]. The number of aromatic nitrogens is 1. The highest BCUT2D eigenvalue weighted by atomic mass is 35.5. The molecule has 170 valence electrons. The number of nitrogens with zero attached hydrogens (tertiary/aromatic N) is 1. The highest BCUT2D eigenvalue weighted by molar-refractivity contribution is 6.30. The Bertz CT molecular complexity index is 1330.